The molecule has 0 bridgehead atoms. The van der Waals surface area contributed by atoms with Crippen LogP contribution in [-0.4, -0.2) is 41.8 Å². The highest BCUT2D eigenvalue weighted by Gasteiger charge is 2.34. The van der Waals surface area contributed by atoms with Crippen LogP contribution in [0, 0.1) is 0 Å². The van der Waals surface area contributed by atoms with Gasteiger partial charge in [0.25, 0.3) is 0 Å². The summed E-state index contributed by atoms with van der Waals surface area (Å²) in [4.78, 5) is 24.7. The summed E-state index contributed by atoms with van der Waals surface area (Å²) in [5.74, 6) is 0.415. The third-order valence-electron chi connectivity index (χ3n) is 3.34. The molecule has 1 saturated carbocycles. The van der Waals surface area contributed by atoms with Gasteiger partial charge < -0.3 is 5.32 Å². The van der Waals surface area contributed by atoms with Gasteiger partial charge in [-0.15, -0.1) is 0 Å². The Bertz CT molecular complexity index is 278. The molecule has 0 aromatic carbocycles. The maximum Gasteiger partial charge on any atom is 0.217 e. The molecule has 1 aliphatic heterocycles. The lowest BCUT2D eigenvalue weighted by atomic mass is 10.2. The molecule has 2 atom stereocenters. The summed E-state index contributed by atoms with van der Waals surface area (Å²) < 4.78 is 0. The average molecular weight is 210 g/mol. The van der Waals surface area contributed by atoms with Crippen LogP contribution >= 0.6 is 0 Å². The zero-order valence-electron chi connectivity index (χ0n) is 9.16. The van der Waals surface area contributed by atoms with Crippen molar-refractivity contribution < 1.29 is 9.59 Å². The van der Waals surface area contributed by atoms with Crippen LogP contribution < -0.4 is 5.32 Å². The van der Waals surface area contributed by atoms with Gasteiger partial charge in [-0.1, -0.05) is 0 Å². The number of likely N-dealkylation sites (tertiary alicyclic amines) is 1. The lowest BCUT2D eigenvalue weighted by Crippen LogP contribution is -2.40. The van der Waals surface area contributed by atoms with E-state index in [2.05, 4.69) is 10.2 Å². The Balaban J connectivity index is 1.86. The lowest BCUT2D eigenvalue weighted by Gasteiger charge is -2.22. The van der Waals surface area contributed by atoms with Gasteiger partial charge in [0.2, 0.25) is 5.91 Å². The number of nitrogens with zero attached hydrogens (tertiary/aromatic N) is 1. The second-order valence-corrected chi connectivity index (χ2v) is 4.56. The maximum absolute atomic E-state index is 11.6. The highest BCUT2D eigenvalue weighted by atomic mass is 16.1. The number of amides is 1. The maximum atomic E-state index is 11.6. The molecule has 84 valence electrons. The van der Waals surface area contributed by atoms with Gasteiger partial charge in [0, 0.05) is 32.5 Å². The molecule has 15 heavy (non-hydrogen) atoms. The minimum atomic E-state index is 0.0274. The van der Waals surface area contributed by atoms with Crippen molar-refractivity contribution >= 4 is 11.7 Å². The molecule has 1 aliphatic carbocycles. The minimum Gasteiger partial charge on any atom is -0.352 e. The molecule has 2 rings (SSSR count). The van der Waals surface area contributed by atoms with Gasteiger partial charge in [0.05, 0.1) is 6.04 Å². The van der Waals surface area contributed by atoms with E-state index >= 15 is 0 Å². The standard InChI is InChI=1S/C11H18N2O2/c1-8(14)12-9-5-6-13(7-9)10-3-2-4-11(10)15/h9-10H,2-7H2,1H3,(H,12,14). The number of hydrogen-bond donors (Lipinski definition) is 1. The van der Waals surface area contributed by atoms with Crippen LogP contribution in [0.2, 0.25) is 0 Å². The van der Waals surface area contributed by atoms with Gasteiger partial charge in [-0.25, -0.2) is 0 Å². The van der Waals surface area contributed by atoms with Gasteiger partial charge >= 0.3 is 0 Å². The van der Waals surface area contributed by atoms with E-state index < -0.39 is 0 Å². The fourth-order valence-electron chi connectivity index (χ4n) is 2.66. The van der Waals surface area contributed by atoms with E-state index in [1.165, 1.54) is 0 Å². The molecular formula is C11H18N2O2. The molecule has 2 aliphatic rings. The van der Waals surface area contributed by atoms with Gasteiger partial charge in [-0.2, -0.15) is 0 Å². The fraction of sp³-hybridized carbons (Fsp3) is 0.818. The van der Waals surface area contributed by atoms with Crippen molar-refractivity contribution in [3.05, 3.63) is 0 Å². The average Bonchev–Trinajstić information content (AvgIpc) is 2.72. The Hall–Kier alpha value is -0.900. The highest BCUT2D eigenvalue weighted by Crippen LogP contribution is 2.23. The summed E-state index contributed by atoms with van der Waals surface area (Å²) >= 11 is 0. The molecule has 1 saturated heterocycles. The van der Waals surface area contributed by atoms with Crippen LogP contribution in [0.3, 0.4) is 0 Å². The largest absolute Gasteiger partial charge is 0.352 e. The normalized spacial score (nSPS) is 32.2. The Kier molecular flexibility index (Phi) is 3.05. The molecule has 4 nitrogen and oxygen atoms in total. The Morgan fingerprint density at radius 3 is 2.87 bits per heavy atom. The lowest BCUT2D eigenvalue weighted by molar-refractivity contribution is -0.121. The van der Waals surface area contributed by atoms with E-state index in [1.54, 1.807) is 6.92 Å². The highest BCUT2D eigenvalue weighted by molar-refractivity contribution is 5.86. The van der Waals surface area contributed by atoms with Gasteiger partial charge in [0.1, 0.15) is 5.78 Å². The molecular weight excluding hydrogens is 192 g/mol. The number of hydrogen-bond acceptors (Lipinski definition) is 3. The van der Waals surface area contributed by atoms with Crippen molar-refractivity contribution in [3.8, 4) is 0 Å². The van der Waals surface area contributed by atoms with Crippen LogP contribution in [-0.2, 0) is 9.59 Å². The van der Waals surface area contributed by atoms with Gasteiger partial charge in [-0.3, -0.25) is 14.5 Å². The van der Waals surface area contributed by atoms with Crippen molar-refractivity contribution in [1.29, 1.82) is 0 Å². The Labute approximate surface area is 90.0 Å². The second kappa shape index (κ2) is 4.31. The molecule has 2 unspecified atom stereocenters. The van der Waals surface area contributed by atoms with Crippen molar-refractivity contribution in [3.63, 3.8) is 0 Å². The molecule has 1 amide bonds. The first kappa shape index (κ1) is 10.6. The van der Waals surface area contributed by atoms with Crippen LogP contribution in [0.4, 0.5) is 0 Å². The summed E-state index contributed by atoms with van der Waals surface area (Å²) in [5.41, 5.74) is 0. The molecule has 2 fully saturated rings. The van der Waals surface area contributed by atoms with Crippen LogP contribution in [0.5, 0.6) is 0 Å². The summed E-state index contributed by atoms with van der Waals surface area (Å²) in [5, 5.41) is 2.92. The quantitative estimate of drug-likeness (QED) is 0.714. The number of rotatable bonds is 2. The summed E-state index contributed by atoms with van der Waals surface area (Å²) in [7, 11) is 0. The first-order valence-corrected chi connectivity index (χ1v) is 5.70. The third-order valence-corrected chi connectivity index (χ3v) is 3.34. The van der Waals surface area contributed by atoms with E-state index in [1.807, 2.05) is 0 Å². The van der Waals surface area contributed by atoms with Crippen LogP contribution in [0.1, 0.15) is 32.6 Å². The van der Waals surface area contributed by atoms with Gasteiger partial charge in [0.15, 0.2) is 0 Å². The number of ketones is 1. The SMILES string of the molecule is CC(=O)NC1CCN(C2CCCC2=O)C1. The predicted molar refractivity (Wildman–Crippen MR) is 56.4 cm³/mol. The van der Waals surface area contributed by atoms with E-state index in [0.717, 1.165) is 38.8 Å². The van der Waals surface area contributed by atoms with E-state index in [4.69, 9.17) is 0 Å². The van der Waals surface area contributed by atoms with Gasteiger partial charge in [-0.05, 0) is 19.3 Å². The smallest absolute Gasteiger partial charge is 0.217 e. The van der Waals surface area contributed by atoms with Crippen molar-refractivity contribution in [2.24, 2.45) is 0 Å². The van der Waals surface area contributed by atoms with Crippen molar-refractivity contribution in [1.82, 2.24) is 10.2 Å². The molecule has 1 N–H and O–H groups in total. The van der Waals surface area contributed by atoms with Crippen molar-refractivity contribution in [2.45, 2.75) is 44.7 Å². The molecule has 4 heteroatoms. The van der Waals surface area contributed by atoms with E-state index in [9.17, 15) is 9.59 Å². The molecule has 0 aromatic heterocycles. The van der Waals surface area contributed by atoms with Crippen molar-refractivity contribution in [2.75, 3.05) is 13.1 Å². The fourth-order valence-corrected chi connectivity index (χ4v) is 2.66. The topological polar surface area (TPSA) is 49.4 Å². The first-order chi connectivity index (χ1) is 7.16. The number of carbonyl (C=O) groups is 2. The van der Waals surface area contributed by atoms with Crippen LogP contribution in [0.15, 0.2) is 0 Å². The Morgan fingerprint density at radius 2 is 2.27 bits per heavy atom. The monoisotopic (exact) mass is 210 g/mol. The number of nitrogens with one attached hydrogen (secondary N) is 1. The molecule has 0 aromatic rings. The first-order valence-electron chi connectivity index (χ1n) is 5.70. The predicted octanol–water partition coefficient (Wildman–Crippen LogP) is 0.318. The number of carbonyl (C=O) groups excluding carboxylic acids is 2. The van der Waals surface area contributed by atoms with E-state index in [-0.39, 0.29) is 18.0 Å². The molecule has 0 spiro atoms. The molecule has 1 heterocycles. The van der Waals surface area contributed by atoms with E-state index in [0.29, 0.717) is 5.78 Å². The third kappa shape index (κ3) is 2.37. The summed E-state index contributed by atoms with van der Waals surface area (Å²) in [6.07, 6.45) is 3.76. The molecule has 0 radical (unpaired) electrons. The zero-order chi connectivity index (χ0) is 10.8. The number of Topliss-reactive ketones (excluding diaryl/α,β-unsaturated/α-hetero) is 1. The van der Waals surface area contributed by atoms with Crippen LogP contribution in [0.25, 0.3) is 0 Å². The Morgan fingerprint density at radius 1 is 1.47 bits per heavy atom. The summed E-state index contributed by atoms with van der Waals surface area (Å²) in [6, 6.07) is 0.389. The zero-order valence-corrected chi connectivity index (χ0v) is 9.16. The minimum absolute atomic E-state index is 0.0274. The second-order valence-electron chi connectivity index (χ2n) is 4.56. The summed E-state index contributed by atoms with van der Waals surface area (Å²) in [6.45, 7) is 3.33.